The van der Waals surface area contributed by atoms with Gasteiger partial charge in [-0.3, -0.25) is 14.7 Å². The molecular formula is C24H26FN3O2. The van der Waals surface area contributed by atoms with Gasteiger partial charge in [-0.2, -0.15) is 0 Å². The van der Waals surface area contributed by atoms with Crippen molar-refractivity contribution in [3.63, 3.8) is 0 Å². The number of pyridine rings is 1. The summed E-state index contributed by atoms with van der Waals surface area (Å²) in [5.74, 6) is -0.445. The highest BCUT2D eigenvalue weighted by molar-refractivity contribution is 5.98. The maximum absolute atomic E-state index is 13.8. The van der Waals surface area contributed by atoms with Crippen LogP contribution in [0.15, 0.2) is 48.5 Å². The van der Waals surface area contributed by atoms with E-state index < -0.39 is 0 Å². The van der Waals surface area contributed by atoms with Crippen molar-refractivity contribution in [3.8, 4) is 0 Å². The van der Waals surface area contributed by atoms with Crippen molar-refractivity contribution in [2.45, 2.75) is 19.9 Å². The predicted octanol–water partition coefficient (Wildman–Crippen LogP) is 3.79. The molecule has 1 aliphatic rings. The molecule has 4 rings (SSSR count). The van der Waals surface area contributed by atoms with Gasteiger partial charge in [-0.15, -0.1) is 0 Å². The molecule has 1 saturated heterocycles. The second-order valence-electron chi connectivity index (χ2n) is 7.75. The molecule has 1 unspecified atom stereocenters. The molecule has 0 bridgehead atoms. The molecule has 2 heterocycles. The first-order valence-electron chi connectivity index (χ1n) is 10.2. The zero-order chi connectivity index (χ0) is 21.1. The number of hydrogen-bond acceptors (Lipinski definition) is 4. The van der Waals surface area contributed by atoms with Crippen LogP contribution in [-0.4, -0.2) is 48.6 Å². The Morgan fingerprint density at radius 2 is 1.97 bits per heavy atom. The lowest BCUT2D eigenvalue weighted by atomic mass is 10.0. The average molecular weight is 407 g/mol. The number of rotatable bonds is 5. The van der Waals surface area contributed by atoms with Crippen molar-refractivity contribution in [2.24, 2.45) is 0 Å². The molecule has 1 atom stereocenters. The van der Waals surface area contributed by atoms with E-state index in [9.17, 15) is 9.18 Å². The third-order valence-corrected chi connectivity index (χ3v) is 5.58. The van der Waals surface area contributed by atoms with Crippen LogP contribution in [0.4, 0.5) is 4.39 Å². The fourth-order valence-corrected chi connectivity index (χ4v) is 3.95. The van der Waals surface area contributed by atoms with Gasteiger partial charge < -0.3 is 10.1 Å². The van der Waals surface area contributed by atoms with Gasteiger partial charge in [-0.05, 0) is 49.2 Å². The van der Waals surface area contributed by atoms with Crippen molar-refractivity contribution < 1.29 is 13.9 Å². The maximum atomic E-state index is 13.8. The molecule has 0 saturated carbocycles. The molecule has 1 aromatic heterocycles. The predicted molar refractivity (Wildman–Crippen MR) is 115 cm³/mol. The van der Waals surface area contributed by atoms with E-state index in [4.69, 9.17) is 4.74 Å². The van der Waals surface area contributed by atoms with Crippen LogP contribution in [0.3, 0.4) is 0 Å². The van der Waals surface area contributed by atoms with Crippen molar-refractivity contribution >= 4 is 16.8 Å². The van der Waals surface area contributed by atoms with Crippen LogP contribution in [0.1, 0.15) is 33.2 Å². The molecule has 1 aliphatic heterocycles. The Bertz CT molecular complexity index is 1060. The molecule has 0 radical (unpaired) electrons. The van der Waals surface area contributed by atoms with E-state index in [1.807, 2.05) is 44.2 Å². The largest absolute Gasteiger partial charge is 0.379 e. The molecule has 5 nitrogen and oxygen atoms in total. The van der Waals surface area contributed by atoms with Gasteiger partial charge in [-0.25, -0.2) is 4.39 Å². The number of fused-ring (bicyclic) bond motifs is 1. The molecule has 156 valence electrons. The van der Waals surface area contributed by atoms with E-state index in [1.165, 1.54) is 12.1 Å². The number of carbonyl (C=O) groups is 1. The highest BCUT2D eigenvalue weighted by Gasteiger charge is 2.24. The van der Waals surface area contributed by atoms with E-state index in [-0.39, 0.29) is 17.8 Å². The third-order valence-electron chi connectivity index (χ3n) is 5.58. The van der Waals surface area contributed by atoms with Gasteiger partial charge >= 0.3 is 0 Å². The summed E-state index contributed by atoms with van der Waals surface area (Å²) in [6.07, 6.45) is 0. The number of ether oxygens (including phenoxy) is 1. The van der Waals surface area contributed by atoms with Gasteiger partial charge in [0, 0.05) is 25.0 Å². The summed E-state index contributed by atoms with van der Waals surface area (Å²) in [5, 5.41) is 3.98. The summed E-state index contributed by atoms with van der Waals surface area (Å²) in [4.78, 5) is 19.8. The van der Waals surface area contributed by atoms with Crippen LogP contribution in [0, 0.1) is 19.7 Å². The minimum absolute atomic E-state index is 0.120. The number of amides is 1. The lowest BCUT2D eigenvalue weighted by molar-refractivity contribution is 0.0162. The van der Waals surface area contributed by atoms with Gasteiger partial charge in [-0.1, -0.05) is 24.3 Å². The number of hydrogen-bond donors (Lipinski definition) is 1. The molecule has 0 spiro atoms. The highest BCUT2D eigenvalue weighted by atomic mass is 19.1. The Hall–Kier alpha value is -2.83. The Kier molecular flexibility index (Phi) is 6.06. The Morgan fingerprint density at radius 3 is 2.73 bits per heavy atom. The van der Waals surface area contributed by atoms with Crippen LogP contribution >= 0.6 is 0 Å². The van der Waals surface area contributed by atoms with Gasteiger partial charge in [0.15, 0.2) is 0 Å². The minimum Gasteiger partial charge on any atom is -0.379 e. The molecule has 1 amide bonds. The molecule has 1 N–H and O–H groups in total. The summed E-state index contributed by atoms with van der Waals surface area (Å²) < 4.78 is 19.3. The van der Waals surface area contributed by atoms with Crippen molar-refractivity contribution in [3.05, 3.63) is 76.7 Å². The van der Waals surface area contributed by atoms with Crippen molar-refractivity contribution in [1.82, 2.24) is 15.2 Å². The van der Waals surface area contributed by atoms with Crippen LogP contribution in [0.25, 0.3) is 10.9 Å². The van der Waals surface area contributed by atoms with Crippen LogP contribution in [0.2, 0.25) is 0 Å². The molecule has 1 fully saturated rings. The fourth-order valence-electron chi connectivity index (χ4n) is 3.95. The second kappa shape index (κ2) is 8.90. The minimum atomic E-state index is -0.276. The third kappa shape index (κ3) is 4.50. The number of aromatic nitrogens is 1. The number of nitrogens with one attached hydrogen (secondary N) is 1. The SMILES string of the molecule is Cc1ccc2cc(C(=O)NCC(c3cccc(F)c3)N3CCOCC3)c(C)nc2c1. The van der Waals surface area contributed by atoms with Crippen LogP contribution in [0.5, 0.6) is 0 Å². The monoisotopic (exact) mass is 407 g/mol. The van der Waals surface area contributed by atoms with Gasteiger partial charge in [0.25, 0.3) is 5.91 Å². The Morgan fingerprint density at radius 1 is 1.17 bits per heavy atom. The standard InChI is InChI=1S/C24H26FN3O2/c1-16-6-7-18-14-21(17(2)27-22(18)12-16)24(29)26-15-23(28-8-10-30-11-9-28)19-4-3-5-20(25)13-19/h3-7,12-14,23H,8-11,15H2,1-2H3,(H,26,29). The molecule has 6 heteroatoms. The topological polar surface area (TPSA) is 54.5 Å². The number of aryl methyl sites for hydroxylation is 2. The summed E-state index contributed by atoms with van der Waals surface area (Å²) in [6, 6.07) is 14.4. The summed E-state index contributed by atoms with van der Waals surface area (Å²) in [7, 11) is 0. The summed E-state index contributed by atoms with van der Waals surface area (Å²) in [5.41, 5.74) is 4.12. The van der Waals surface area contributed by atoms with Crippen LogP contribution < -0.4 is 5.32 Å². The van der Waals surface area contributed by atoms with Gasteiger partial charge in [0.1, 0.15) is 5.82 Å². The fraction of sp³-hybridized carbons (Fsp3) is 0.333. The van der Waals surface area contributed by atoms with E-state index in [1.54, 1.807) is 6.07 Å². The molecule has 2 aromatic carbocycles. The first-order chi connectivity index (χ1) is 14.5. The summed E-state index contributed by atoms with van der Waals surface area (Å²) >= 11 is 0. The van der Waals surface area contributed by atoms with E-state index in [0.717, 1.165) is 35.1 Å². The average Bonchev–Trinajstić information content (AvgIpc) is 2.74. The number of carbonyl (C=O) groups excluding carboxylic acids is 1. The molecule has 3 aromatic rings. The number of benzene rings is 2. The van der Waals surface area contributed by atoms with E-state index in [2.05, 4.69) is 15.2 Å². The second-order valence-corrected chi connectivity index (χ2v) is 7.75. The molecule has 30 heavy (non-hydrogen) atoms. The Balaban J connectivity index is 1.55. The lowest BCUT2D eigenvalue weighted by Crippen LogP contribution is -2.44. The number of morpholine rings is 1. The summed E-state index contributed by atoms with van der Waals surface area (Å²) in [6.45, 7) is 7.01. The van der Waals surface area contributed by atoms with Crippen molar-refractivity contribution in [2.75, 3.05) is 32.8 Å². The first kappa shape index (κ1) is 20.4. The maximum Gasteiger partial charge on any atom is 0.253 e. The van der Waals surface area contributed by atoms with Crippen LogP contribution in [-0.2, 0) is 4.74 Å². The quantitative estimate of drug-likeness (QED) is 0.699. The smallest absolute Gasteiger partial charge is 0.253 e. The normalized spacial score (nSPS) is 15.8. The zero-order valence-corrected chi connectivity index (χ0v) is 17.3. The first-order valence-corrected chi connectivity index (χ1v) is 10.2. The number of halogens is 1. The van der Waals surface area contributed by atoms with Gasteiger partial charge in [0.05, 0.1) is 36.0 Å². The number of nitrogens with zero attached hydrogens (tertiary/aromatic N) is 2. The van der Waals surface area contributed by atoms with Crippen molar-refractivity contribution in [1.29, 1.82) is 0 Å². The Labute approximate surface area is 175 Å². The molecular weight excluding hydrogens is 381 g/mol. The van der Waals surface area contributed by atoms with Gasteiger partial charge in [0.2, 0.25) is 0 Å². The molecule has 0 aliphatic carbocycles. The zero-order valence-electron chi connectivity index (χ0n) is 17.3. The highest BCUT2D eigenvalue weighted by Crippen LogP contribution is 2.23. The van der Waals surface area contributed by atoms with E-state index in [0.29, 0.717) is 31.0 Å². The lowest BCUT2D eigenvalue weighted by Gasteiger charge is -2.35. The van der Waals surface area contributed by atoms with E-state index >= 15 is 0 Å².